The standard InChI is InChI=1S/C10H10O2.C7H5BrO2.C3H7BO2/c11-6-8-2-1-3-9(10(8)12)7-4-5-7;8-6-3-1-2-5(4-9)7(6)10;5-4(6)3-1-2-3/h1-3,6-7,12H,4-5H2;1-4,10H;3,5-6H,1-2H2. The van der Waals surface area contributed by atoms with Crippen LogP contribution >= 0.6 is 15.9 Å². The van der Waals surface area contributed by atoms with Crippen LogP contribution in [0.15, 0.2) is 40.9 Å². The zero-order valence-corrected chi connectivity index (χ0v) is 16.7. The SMILES string of the molecule is O=Cc1cccc(Br)c1O.O=Cc1cccc(C2CC2)c1O.OB(O)C1CC1. The van der Waals surface area contributed by atoms with Crippen molar-refractivity contribution in [2.24, 2.45) is 0 Å². The molecule has 2 fully saturated rings. The summed E-state index contributed by atoms with van der Waals surface area (Å²) in [7, 11) is -1.04. The molecule has 148 valence electrons. The topological polar surface area (TPSA) is 115 Å². The maximum Gasteiger partial charge on any atom is 0.454 e. The second kappa shape index (κ2) is 10.4. The summed E-state index contributed by atoms with van der Waals surface area (Å²) in [6.07, 6.45) is 5.57. The van der Waals surface area contributed by atoms with Crippen LogP contribution in [0.5, 0.6) is 11.5 Å². The maximum absolute atomic E-state index is 10.5. The van der Waals surface area contributed by atoms with E-state index in [1.165, 1.54) is 0 Å². The van der Waals surface area contributed by atoms with E-state index < -0.39 is 7.12 Å². The van der Waals surface area contributed by atoms with E-state index in [1.54, 1.807) is 24.3 Å². The first-order valence-electron chi connectivity index (χ1n) is 8.94. The van der Waals surface area contributed by atoms with Gasteiger partial charge < -0.3 is 20.3 Å². The zero-order chi connectivity index (χ0) is 20.7. The van der Waals surface area contributed by atoms with Gasteiger partial charge in [-0.05, 0) is 64.3 Å². The van der Waals surface area contributed by atoms with Gasteiger partial charge in [0.05, 0.1) is 15.6 Å². The lowest BCUT2D eigenvalue weighted by atomic mass is 9.84. The number of carbonyl (C=O) groups excluding carboxylic acids is 2. The van der Waals surface area contributed by atoms with E-state index in [0.29, 0.717) is 34.1 Å². The van der Waals surface area contributed by atoms with Crippen molar-refractivity contribution in [2.75, 3.05) is 0 Å². The van der Waals surface area contributed by atoms with Gasteiger partial charge in [0.1, 0.15) is 11.5 Å². The summed E-state index contributed by atoms with van der Waals surface area (Å²) in [6, 6.07) is 10.2. The molecular formula is C20H22BBrO6. The molecule has 2 aromatic carbocycles. The van der Waals surface area contributed by atoms with Gasteiger partial charge in [0.25, 0.3) is 0 Å². The minimum absolute atomic E-state index is 0.00231. The van der Waals surface area contributed by atoms with E-state index in [0.717, 1.165) is 31.2 Å². The molecule has 0 bridgehead atoms. The molecule has 6 nitrogen and oxygen atoms in total. The van der Waals surface area contributed by atoms with Crippen molar-refractivity contribution in [1.82, 2.24) is 0 Å². The van der Waals surface area contributed by atoms with Crippen LogP contribution in [0.1, 0.15) is 57.9 Å². The summed E-state index contributed by atoms with van der Waals surface area (Å²) in [5.41, 5.74) is 1.63. The van der Waals surface area contributed by atoms with Crippen molar-refractivity contribution in [3.8, 4) is 11.5 Å². The van der Waals surface area contributed by atoms with Crippen LogP contribution < -0.4 is 0 Å². The molecule has 2 aliphatic rings. The Balaban J connectivity index is 0.000000159. The number of hydrogen-bond acceptors (Lipinski definition) is 6. The number of rotatable bonds is 4. The first kappa shape index (κ1) is 22.1. The summed E-state index contributed by atoms with van der Waals surface area (Å²) >= 11 is 3.08. The summed E-state index contributed by atoms with van der Waals surface area (Å²) in [5, 5.41) is 35.2. The number of carbonyl (C=O) groups is 2. The molecule has 0 amide bonds. The molecule has 0 unspecified atom stereocenters. The van der Waals surface area contributed by atoms with Gasteiger partial charge in [0.15, 0.2) is 12.6 Å². The number of hydrogen-bond donors (Lipinski definition) is 4. The molecule has 0 atom stereocenters. The third-order valence-corrected chi connectivity index (χ3v) is 5.07. The molecule has 28 heavy (non-hydrogen) atoms. The molecule has 0 aromatic heterocycles. The van der Waals surface area contributed by atoms with Crippen LogP contribution in [-0.4, -0.2) is 40.0 Å². The van der Waals surface area contributed by atoms with Gasteiger partial charge in [0.2, 0.25) is 0 Å². The second-order valence-corrected chi connectivity index (χ2v) is 7.58. The van der Waals surface area contributed by atoms with E-state index in [2.05, 4.69) is 15.9 Å². The fourth-order valence-corrected chi connectivity index (χ4v) is 2.80. The van der Waals surface area contributed by atoms with Gasteiger partial charge in [-0.3, -0.25) is 9.59 Å². The van der Waals surface area contributed by atoms with Gasteiger partial charge in [-0.15, -0.1) is 0 Å². The number of para-hydroxylation sites is 2. The number of aldehydes is 2. The normalized spacial score (nSPS) is 14.7. The molecule has 0 spiro atoms. The van der Waals surface area contributed by atoms with Gasteiger partial charge in [-0.1, -0.05) is 31.0 Å². The average molecular weight is 449 g/mol. The number of halogens is 1. The highest BCUT2D eigenvalue weighted by Gasteiger charge is 2.33. The van der Waals surface area contributed by atoms with Crippen LogP contribution in [0.2, 0.25) is 5.82 Å². The molecule has 4 N–H and O–H groups in total. The third kappa shape index (κ3) is 6.47. The smallest absolute Gasteiger partial charge is 0.454 e. The van der Waals surface area contributed by atoms with Crippen molar-refractivity contribution in [3.63, 3.8) is 0 Å². The minimum atomic E-state index is -1.04. The first-order chi connectivity index (χ1) is 13.4. The highest BCUT2D eigenvalue weighted by atomic mass is 79.9. The fraction of sp³-hybridized carbons (Fsp3) is 0.300. The Hall–Kier alpha value is -2.16. The van der Waals surface area contributed by atoms with Gasteiger partial charge in [-0.2, -0.15) is 0 Å². The lowest BCUT2D eigenvalue weighted by Crippen LogP contribution is -2.09. The molecule has 4 rings (SSSR count). The van der Waals surface area contributed by atoms with Crippen molar-refractivity contribution >= 4 is 35.6 Å². The minimum Gasteiger partial charge on any atom is -0.507 e. The van der Waals surface area contributed by atoms with Crippen molar-refractivity contribution in [2.45, 2.75) is 37.4 Å². The van der Waals surface area contributed by atoms with Crippen LogP contribution in [0.3, 0.4) is 0 Å². The monoisotopic (exact) mass is 448 g/mol. The van der Waals surface area contributed by atoms with E-state index in [4.69, 9.17) is 15.2 Å². The molecule has 0 radical (unpaired) electrons. The van der Waals surface area contributed by atoms with Crippen LogP contribution in [0.25, 0.3) is 0 Å². The molecule has 2 aromatic rings. The second-order valence-electron chi connectivity index (χ2n) is 6.72. The Bertz CT molecular complexity index is 818. The Morgan fingerprint density at radius 1 is 0.857 bits per heavy atom. The Morgan fingerprint density at radius 3 is 1.79 bits per heavy atom. The van der Waals surface area contributed by atoms with E-state index in [9.17, 15) is 14.7 Å². The number of benzene rings is 2. The predicted octanol–water partition coefficient (Wildman–Crippen LogP) is 3.67. The van der Waals surface area contributed by atoms with Crippen LogP contribution in [0.4, 0.5) is 0 Å². The average Bonchev–Trinajstić information content (AvgIpc) is 3.58. The summed E-state index contributed by atoms with van der Waals surface area (Å²) < 4.78 is 0.539. The summed E-state index contributed by atoms with van der Waals surface area (Å²) in [5.74, 6) is 0.877. The molecule has 0 saturated heterocycles. The Morgan fingerprint density at radius 2 is 1.39 bits per heavy atom. The lowest BCUT2D eigenvalue weighted by molar-refractivity contribution is 0.111. The Labute approximate surface area is 172 Å². The summed E-state index contributed by atoms with van der Waals surface area (Å²) in [4.78, 5) is 20.7. The third-order valence-electron chi connectivity index (χ3n) is 4.43. The lowest BCUT2D eigenvalue weighted by Gasteiger charge is -2.03. The highest BCUT2D eigenvalue weighted by Crippen LogP contribution is 2.44. The van der Waals surface area contributed by atoms with E-state index in [1.807, 2.05) is 12.1 Å². The summed E-state index contributed by atoms with van der Waals surface area (Å²) in [6.45, 7) is 0. The number of phenols is 2. The largest absolute Gasteiger partial charge is 0.507 e. The van der Waals surface area contributed by atoms with Crippen molar-refractivity contribution < 1.29 is 29.9 Å². The van der Waals surface area contributed by atoms with Crippen molar-refractivity contribution in [3.05, 3.63) is 57.6 Å². The van der Waals surface area contributed by atoms with Crippen LogP contribution in [-0.2, 0) is 0 Å². The molecular weight excluding hydrogens is 427 g/mol. The Kier molecular flexibility index (Phi) is 8.23. The molecule has 0 aliphatic heterocycles. The molecule has 2 aliphatic carbocycles. The molecule has 0 heterocycles. The van der Waals surface area contributed by atoms with Crippen LogP contribution in [0, 0.1) is 0 Å². The quantitative estimate of drug-likeness (QED) is 0.419. The van der Waals surface area contributed by atoms with E-state index >= 15 is 0 Å². The predicted molar refractivity (Wildman–Crippen MR) is 110 cm³/mol. The van der Waals surface area contributed by atoms with Gasteiger partial charge >= 0.3 is 7.12 Å². The number of aromatic hydroxyl groups is 2. The fourth-order valence-electron chi connectivity index (χ4n) is 2.42. The zero-order valence-electron chi connectivity index (χ0n) is 15.2. The first-order valence-corrected chi connectivity index (χ1v) is 9.74. The highest BCUT2D eigenvalue weighted by molar-refractivity contribution is 9.10. The number of phenolic OH excluding ortho intramolecular Hbond substituents is 2. The van der Waals surface area contributed by atoms with Crippen molar-refractivity contribution in [1.29, 1.82) is 0 Å². The van der Waals surface area contributed by atoms with E-state index in [-0.39, 0.29) is 17.3 Å². The molecule has 2 saturated carbocycles. The van der Waals surface area contributed by atoms with Gasteiger partial charge in [0, 0.05) is 0 Å². The van der Waals surface area contributed by atoms with Gasteiger partial charge in [-0.25, -0.2) is 0 Å². The molecule has 8 heteroatoms. The maximum atomic E-state index is 10.5.